The van der Waals surface area contributed by atoms with Gasteiger partial charge in [0.2, 0.25) is 11.5 Å². The van der Waals surface area contributed by atoms with Crippen LogP contribution in [0, 0.1) is 0 Å². The van der Waals surface area contributed by atoms with Crippen molar-refractivity contribution in [1.29, 1.82) is 0 Å². The lowest BCUT2D eigenvalue weighted by Crippen LogP contribution is -2.15. The third kappa shape index (κ3) is 23.7. The number of hydrogen-bond acceptors (Lipinski definition) is 22. The highest BCUT2D eigenvalue weighted by Gasteiger charge is 2.21. The first-order chi connectivity index (χ1) is 39.0. The van der Waals surface area contributed by atoms with Crippen molar-refractivity contribution in [3.63, 3.8) is 0 Å². The van der Waals surface area contributed by atoms with Crippen LogP contribution in [0.5, 0.6) is 46.0 Å². The Labute approximate surface area is 461 Å². The van der Waals surface area contributed by atoms with Crippen LogP contribution >= 0.6 is 0 Å². The third-order valence-corrected chi connectivity index (χ3v) is 9.52. The molecule has 4 aromatic rings. The van der Waals surface area contributed by atoms with E-state index in [0.717, 1.165) is 18.2 Å². The van der Waals surface area contributed by atoms with Crippen LogP contribution in [0.3, 0.4) is 0 Å². The van der Waals surface area contributed by atoms with Gasteiger partial charge in [0.25, 0.3) is 0 Å². The zero-order chi connectivity index (χ0) is 57.6. The molecule has 0 unspecified atom stereocenters. The average Bonchev–Trinajstić information content (AvgIpc) is 3.47. The van der Waals surface area contributed by atoms with Crippen LogP contribution in [0.4, 0.5) is 0 Å². The molecule has 0 atom stereocenters. The summed E-state index contributed by atoms with van der Waals surface area (Å²) in [4.78, 5) is 91.9. The van der Waals surface area contributed by atoms with Gasteiger partial charge in [-0.2, -0.15) is 0 Å². The van der Waals surface area contributed by atoms with E-state index in [9.17, 15) is 24.0 Å². The van der Waals surface area contributed by atoms with Crippen molar-refractivity contribution < 1.29 is 105 Å². The SMILES string of the molecule is C=CCOOCCOc1ccc(C=CC(=O)Oc2ccc3cc(OC(=O)C=Cc4ccc(OCCOC(=O)C=C)c(OCCOC(=O)C=C)c4OCCOOCC=C)ccc3c2)c(OCCOC(=O)C=C)c1OCCOOCC=C. The van der Waals surface area contributed by atoms with E-state index in [-0.39, 0.29) is 145 Å². The molecule has 426 valence electrons. The molecular formula is C58H62O22. The molecule has 0 spiro atoms. The van der Waals surface area contributed by atoms with E-state index < -0.39 is 29.8 Å². The zero-order valence-electron chi connectivity index (χ0n) is 43.9. The molecule has 0 aliphatic carbocycles. The van der Waals surface area contributed by atoms with Gasteiger partial charge < -0.3 is 52.1 Å². The van der Waals surface area contributed by atoms with Gasteiger partial charge in [-0.05, 0) is 71.5 Å². The molecule has 0 aromatic heterocycles. The van der Waals surface area contributed by atoms with Crippen LogP contribution < -0.4 is 37.9 Å². The van der Waals surface area contributed by atoms with Crippen LogP contribution in [0.1, 0.15) is 11.1 Å². The van der Waals surface area contributed by atoms with Crippen molar-refractivity contribution >= 4 is 52.8 Å². The lowest BCUT2D eigenvalue weighted by atomic mass is 10.1. The molecule has 22 nitrogen and oxygen atoms in total. The number of carbonyl (C=O) groups excluding carboxylic acids is 5. The van der Waals surface area contributed by atoms with E-state index in [0.29, 0.717) is 21.9 Å². The molecule has 0 aliphatic rings. The third-order valence-electron chi connectivity index (χ3n) is 9.52. The van der Waals surface area contributed by atoms with Gasteiger partial charge in [-0.25, -0.2) is 53.3 Å². The Morgan fingerprint density at radius 3 is 1.05 bits per heavy atom. The minimum Gasteiger partial charge on any atom is -0.487 e. The number of hydrogen-bond donors (Lipinski definition) is 0. The summed E-state index contributed by atoms with van der Waals surface area (Å²) in [5.74, 6) is -2.24. The van der Waals surface area contributed by atoms with Crippen molar-refractivity contribution in [2.75, 3.05) is 99.1 Å². The number of ether oxygens (including phenoxy) is 11. The van der Waals surface area contributed by atoms with Gasteiger partial charge in [0.1, 0.15) is 111 Å². The smallest absolute Gasteiger partial charge is 0.336 e. The van der Waals surface area contributed by atoms with Crippen LogP contribution in [0.15, 0.2) is 149 Å². The second kappa shape index (κ2) is 37.7. The van der Waals surface area contributed by atoms with Crippen molar-refractivity contribution in [1.82, 2.24) is 0 Å². The summed E-state index contributed by atoms with van der Waals surface area (Å²) in [5.41, 5.74) is 0.700. The summed E-state index contributed by atoms with van der Waals surface area (Å²) in [6.45, 7) is 20.5. The molecule has 0 radical (unpaired) electrons. The first-order valence-corrected chi connectivity index (χ1v) is 24.4. The Kier molecular flexibility index (Phi) is 29.9. The number of benzene rings is 4. The van der Waals surface area contributed by atoms with Gasteiger partial charge in [0.05, 0.1) is 0 Å². The second-order valence-corrected chi connectivity index (χ2v) is 15.2. The number of esters is 5. The Morgan fingerprint density at radius 2 is 0.688 bits per heavy atom. The maximum atomic E-state index is 13.3. The average molecular weight is 1110 g/mol. The minimum absolute atomic E-state index is 0.00131. The summed E-state index contributed by atoms with van der Waals surface area (Å²) in [6.07, 6.45) is 12.8. The molecular weight excluding hydrogens is 1050 g/mol. The van der Waals surface area contributed by atoms with Crippen LogP contribution in [-0.4, -0.2) is 129 Å². The van der Waals surface area contributed by atoms with E-state index in [1.165, 1.54) is 42.5 Å². The van der Waals surface area contributed by atoms with E-state index in [2.05, 4.69) is 39.5 Å². The molecule has 4 rings (SSSR count). The lowest BCUT2D eigenvalue weighted by molar-refractivity contribution is -0.289. The number of fused-ring (bicyclic) bond motifs is 1. The largest absolute Gasteiger partial charge is 0.487 e. The molecule has 0 saturated carbocycles. The maximum absolute atomic E-state index is 13.3. The fourth-order valence-corrected chi connectivity index (χ4v) is 6.17. The van der Waals surface area contributed by atoms with E-state index in [1.807, 2.05) is 0 Å². The fraction of sp³-hybridized carbons (Fsp3) is 0.259. The molecule has 0 fully saturated rings. The summed E-state index contributed by atoms with van der Waals surface area (Å²) in [5, 5.41) is 1.29. The Hall–Kier alpha value is -9.03. The summed E-state index contributed by atoms with van der Waals surface area (Å²) in [7, 11) is 0. The van der Waals surface area contributed by atoms with E-state index >= 15 is 0 Å². The van der Waals surface area contributed by atoms with Crippen molar-refractivity contribution in [2.24, 2.45) is 0 Å². The van der Waals surface area contributed by atoms with Gasteiger partial charge in [0, 0.05) is 41.5 Å². The van der Waals surface area contributed by atoms with E-state index in [1.54, 1.807) is 60.7 Å². The van der Waals surface area contributed by atoms with Crippen LogP contribution in [0.2, 0.25) is 0 Å². The molecule has 80 heavy (non-hydrogen) atoms. The molecule has 0 N–H and O–H groups in total. The van der Waals surface area contributed by atoms with Crippen molar-refractivity contribution in [3.05, 3.63) is 160 Å². The topological polar surface area (TPSA) is 242 Å². The van der Waals surface area contributed by atoms with Crippen molar-refractivity contribution in [2.45, 2.75) is 0 Å². The molecule has 0 amide bonds. The van der Waals surface area contributed by atoms with Gasteiger partial charge in [-0.15, -0.1) is 19.7 Å². The predicted molar refractivity (Wildman–Crippen MR) is 289 cm³/mol. The quantitative estimate of drug-likeness (QED) is 0.00597. The first-order valence-electron chi connectivity index (χ1n) is 24.4. The predicted octanol–water partition coefficient (Wildman–Crippen LogP) is 7.94. The summed E-state index contributed by atoms with van der Waals surface area (Å²) < 4.78 is 62.4. The van der Waals surface area contributed by atoms with Crippen LogP contribution in [0.25, 0.3) is 22.9 Å². The lowest BCUT2D eigenvalue weighted by Gasteiger charge is -2.19. The number of rotatable bonds is 42. The standard InChI is InChI=1S/C58H62O22/c1-7-25-73-76-37-34-65-49-22-16-42(55(69-32-30-67-51(60)11-5)58(49)72-36-39-78-75-27-9-3)17-23-53(62)79-46-19-13-45-41-47(20-14-44(45)40-46)80-54(63)24-18-43-15-21-48(64-28-29-66-50(59)10-4)57(71-33-31-68-52(61)12-6)56(43)70-35-38-77-74-26-8-2/h7-24,40-41H,1-6,25-39H2. The monoisotopic (exact) mass is 1110 g/mol. The Balaban J connectivity index is 1.52. The minimum atomic E-state index is -0.759. The maximum Gasteiger partial charge on any atom is 0.336 e. The molecule has 4 aromatic carbocycles. The van der Waals surface area contributed by atoms with Gasteiger partial charge >= 0.3 is 29.8 Å². The normalized spacial score (nSPS) is 10.8. The first kappa shape index (κ1) is 63.5. The molecule has 0 heterocycles. The molecule has 0 bridgehead atoms. The summed E-state index contributed by atoms with van der Waals surface area (Å²) >= 11 is 0. The molecule has 22 heteroatoms. The summed E-state index contributed by atoms with van der Waals surface area (Å²) in [6, 6.07) is 16.1. The van der Waals surface area contributed by atoms with Crippen LogP contribution in [-0.2, 0) is 67.5 Å². The van der Waals surface area contributed by atoms with Gasteiger partial charge in [-0.3, -0.25) is 0 Å². The fourth-order valence-electron chi connectivity index (χ4n) is 6.17. The number of carbonyl (C=O) groups is 5. The van der Waals surface area contributed by atoms with E-state index in [4.69, 9.17) is 81.4 Å². The molecule has 0 saturated heterocycles. The highest BCUT2D eigenvalue weighted by atomic mass is 17.2. The highest BCUT2D eigenvalue weighted by molar-refractivity contribution is 5.93. The van der Waals surface area contributed by atoms with Crippen molar-refractivity contribution in [3.8, 4) is 46.0 Å². The Morgan fingerprint density at radius 1 is 0.350 bits per heavy atom. The van der Waals surface area contributed by atoms with Gasteiger partial charge in [0.15, 0.2) is 23.0 Å². The Bertz CT molecular complexity index is 2780. The van der Waals surface area contributed by atoms with Gasteiger partial charge in [-0.1, -0.05) is 50.1 Å². The molecule has 0 aliphatic heterocycles. The second-order valence-electron chi connectivity index (χ2n) is 15.2. The zero-order valence-corrected chi connectivity index (χ0v) is 43.9. The highest BCUT2D eigenvalue weighted by Crippen LogP contribution is 2.43.